The van der Waals surface area contributed by atoms with Gasteiger partial charge in [0.2, 0.25) is 0 Å². The average Bonchev–Trinajstić information content (AvgIpc) is 2.90. The van der Waals surface area contributed by atoms with Gasteiger partial charge in [-0.2, -0.15) is 0 Å². The Morgan fingerprint density at radius 1 is 1.18 bits per heavy atom. The number of carbonyl (C=O) groups excluding carboxylic acids is 1. The van der Waals surface area contributed by atoms with E-state index < -0.39 is 0 Å². The number of carbonyl (C=O) groups is 1. The molecule has 3 nitrogen and oxygen atoms in total. The van der Waals surface area contributed by atoms with Crippen LogP contribution >= 0.6 is 0 Å². The molecule has 0 aliphatic rings. The van der Waals surface area contributed by atoms with E-state index in [1.807, 2.05) is 24.3 Å². The predicted molar refractivity (Wildman–Crippen MR) is 86.7 cm³/mol. The van der Waals surface area contributed by atoms with Gasteiger partial charge in [-0.25, -0.2) is 4.39 Å². The molecule has 0 aliphatic carbocycles. The van der Waals surface area contributed by atoms with E-state index in [1.165, 1.54) is 12.1 Å². The fourth-order valence-electron chi connectivity index (χ4n) is 2.59. The van der Waals surface area contributed by atoms with Crippen LogP contribution < -0.4 is 5.32 Å². The standard InChI is InChI=1S/C18H17FN2O/c1-11(2)13-5-3-4-6-16(13)21-18(22)15-10-20-17-9-12(19)7-8-14(15)17/h3-11,20H,1-2H3,(H,21,22). The van der Waals surface area contributed by atoms with Crippen LogP contribution in [0, 0.1) is 5.82 Å². The number of benzene rings is 2. The van der Waals surface area contributed by atoms with Gasteiger partial charge in [0.15, 0.2) is 0 Å². The first-order valence-electron chi connectivity index (χ1n) is 7.23. The lowest BCUT2D eigenvalue weighted by atomic mass is 10.0. The van der Waals surface area contributed by atoms with Crippen LogP contribution in [0.1, 0.15) is 35.7 Å². The molecule has 1 amide bonds. The average molecular weight is 296 g/mol. The maximum absolute atomic E-state index is 13.2. The molecule has 2 aromatic carbocycles. The monoisotopic (exact) mass is 296 g/mol. The van der Waals surface area contributed by atoms with Gasteiger partial charge in [-0.3, -0.25) is 4.79 Å². The van der Waals surface area contributed by atoms with Crippen LogP contribution in [0.25, 0.3) is 10.9 Å². The van der Waals surface area contributed by atoms with Crippen molar-refractivity contribution in [1.29, 1.82) is 0 Å². The van der Waals surface area contributed by atoms with Gasteiger partial charge in [-0.15, -0.1) is 0 Å². The van der Waals surface area contributed by atoms with Gasteiger partial charge in [0.05, 0.1) is 5.56 Å². The first kappa shape index (κ1) is 14.3. The molecular formula is C18H17FN2O. The third-order valence-electron chi connectivity index (χ3n) is 3.72. The van der Waals surface area contributed by atoms with Gasteiger partial charge in [0.1, 0.15) is 5.82 Å². The van der Waals surface area contributed by atoms with E-state index >= 15 is 0 Å². The highest BCUT2D eigenvalue weighted by Gasteiger charge is 2.14. The first-order chi connectivity index (χ1) is 10.6. The SMILES string of the molecule is CC(C)c1ccccc1NC(=O)c1c[nH]c2cc(F)ccc12. The zero-order chi connectivity index (χ0) is 15.7. The molecule has 3 aromatic rings. The van der Waals surface area contributed by atoms with E-state index in [0.29, 0.717) is 22.4 Å². The second-order valence-electron chi connectivity index (χ2n) is 5.59. The zero-order valence-electron chi connectivity index (χ0n) is 12.5. The largest absolute Gasteiger partial charge is 0.360 e. The lowest BCUT2D eigenvalue weighted by molar-refractivity contribution is 0.102. The van der Waals surface area contributed by atoms with Gasteiger partial charge in [-0.1, -0.05) is 32.0 Å². The summed E-state index contributed by atoms with van der Waals surface area (Å²) >= 11 is 0. The molecule has 0 fully saturated rings. The summed E-state index contributed by atoms with van der Waals surface area (Å²) in [5, 5.41) is 3.66. The molecular weight excluding hydrogens is 279 g/mol. The number of H-pyrrole nitrogens is 1. The molecule has 1 aromatic heterocycles. The maximum Gasteiger partial charge on any atom is 0.257 e. The zero-order valence-corrected chi connectivity index (χ0v) is 12.5. The second kappa shape index (κ2) is 5.64. The fraction of sp³-hybridized carbons (Fsp3) is 0.167. The van der Waals surface area contributed by atoms with Crippen molar-refractivity contribution in [3.05, 3.63) is 65.6 Å². The molecule has 112 valence electrons. The summed E-state index contributed by atoms with van der Waals surface area (Å²) in [6.45, 7) is 4.17. The summed E-state index contributed by atoms with van der Waals surface area (Å²) in [5.74, 6) is -0.217. The van der Waals surface area contributed by atoms with Gasteiger partial charge in [0, 0.05) is 22.8 Å². The Balaban J connectivity index is 1.94. The Labute approximate surface area is 128 Å². The van der Waals surface area contributed by atoms with Crippen molar-refractivity contribution >= 4 is 22.5 Å². The molecule has 0 saturated heterocycles. The Bertz CT molecular complexity index is 836. The summed E-state index contributed by atoms with van der Waals surface area (Å²) in [5.41, 5.74) is 3.01. The van der Waals surface area contributed by atoms with Crippen molar-refractivity contribution in [3.63, 3.8) is 0 Å². The summed E-state index contributed by atoms with van der Waals surface area (Å²) in [6.07, 6.45) is 1.61. The van der Waals surface area contributed by atoms with Gasteiger partial charge < -0.3 is 10.3 Å². The Morgan fingerprint density at radius 3 is 2.73 bits per heavy atom. The number of anilines is 1. The molecule has 0 atom stereocenters. The van der Waals surface area contributed by atoms with E-state index in [9.17, 15) is 9.18 Å². The van der Waals surface area contributed by atoms with Crippen LogP contribution in [-0.4, -0.2) is 10.9 Å². The minimum atomic E-state index is -0.327. The molecule has 2 N–H and O–H groups in total. The molecule has 0 aliphatic heterocycles. The molecule has 0 unspecified atom stereocenters. The number of amides is 1. The van der Waals surface area contributed by atoms with Crippen molar-refractivity contribution in [1.82, 2.24) is 4.98 Å². The lowest BCUT2D eigenvalue weighted by Gasteiger charge is -2.13. The number of fused-ring (bicyclic) bond motifs is 1. The molecule has 0 saturated carbocycles. The molecule has 0 radical (unpaired) electrons. The summed E-state index contributed by atoms with van der Waals surface area (Å²) in [6, 6.07) is 12.1. The molecule has 1 heterocycles. The van der Waals surface area contributed by atoms with Crippen molar-refractivity contribution < 1.29 is 9.18 Å². The smallest absolute Gasteiger partial charge is 0.257 e. The van der Waals surface area contributed by atoms with E-state index in [4.69, 9.17) is 0 Å². The normalized spacial score (nSPS) is 11.1. The number of aromatic amines is 1. The molecule has 4 heteroatoms. The molecule has 3 rings (SSSR count). The van der Waals surface area contributed by atoms with Gasteiger partial charge in [-0.05, 0) is 35.7 Å². The number of hydrogen-bond donors (Lipinski definition) is 2. The topological polar surface area (TPSA) is 44.9 Å². The number of rotatable bonds is 3. The van der Waals surface area contributed by atoms with E-state index in [0.717, 1.165) is 11.3 Å². The third-order valence-corrected chi connectivity index (χ3v) is 3.72. The van der Waals surface area contributed by atoms with Crippen LogP contribution in [0.2, 0.25) is 0 Å². The van der Waals surface area contributed by atoms with Crippen LogP contribution in [0.4, 0.5) is 10.1 Å². The van der Waals surface area contributed by atoms with Crippen LogP contribution in [0.15, 0.2) is 48.7 Å². The number of para-hydroxylation sites is 1. The van der Waals surface area contributed by atoms with Gasteiger partial charge >= 0.3 is 0 Å². The minimum absolute atomic E-state index is 0.203. The minimum Gasteiger partial charge on any atom is -0.360 e. The quantitative estimate of drug-likeness (QED) is 0.724. The summed E-state index contributed by atoms with van der Waals surface area (Å²) in [4.78, 5) is 15.5. The van der Waals surface area contributed by atoms with Crippen LogP contribution in [0.5, 0.6) is 0 Å². The second-order valence-corrected chi connectivity index (χ2v) is 5.59. The number of nitrogens with one attached hydrogen (secondary N) is 2. The van der Waals surface area contributed by atoms with Crippen molar-refractivity contribution in [2.45, 2.75) is 19.8 Å². The molecule has 0 bridgehead atoms. The summed E-state index contributed by atoms with van der Waals surface area (Å²) < 4.78 is 13.2. The fourth-order valence-corrected chi connectivity index (χ4v) is 2.59. The van der Waals surface area contributed by atoms with Crippen LogP contribution in [0.3, 0.4) is 0 Å². The highest BCUT2D eigenvalue weighted by atomic mass is 19.1. The van der Waals surface area contributed by atoms with Gasteiger partial charge in [0.25, 0.3) is 5.91 Å². The predicted octanol–water partition coefficient (Wildman–Crippen LogP) is 4.68. The molecule has 0 spiro atoms. The number of hydrogen-bond acceptors (Lipinski definition) is 1. The van der Waals surface area contributed by atoms with Crippen molar-refractivity contribution in [2.24, 2.45) is 0 Å². The Kier molecular flexibility index (Phi) is 3.67. The third kappa shape index (κ3) is 2.60. The van der Waals surface area contributed by atoms with E-state index in [-0.39, 0.29) is 11.7 Å². The van der Waals surface area contributed by atoms with Crippen molar-refractivity contribution in [3.8, 4) is 0 Å². The number of aromatic nitrogens is 1. The Hall–Kier alpha value is -2.62. The number of halogens is 1. The highest BCUT2D eigenvalue weighted by Crippen LogP contribution is 2.25. The highest BCUT2D eigenvalue weighted by molar-refractivity contribution is 6.13. The Morgan fingerprint density at radius 2 is 1.95 bits per heavy atom. The van der Waals surface area contributed by atoms with E-state index in [1.54, 1.807) is 12.3 Å². The van der Waals surface area contributed by atoms with Crippen molar-refractivity contribution in [2.75, 3.05) is 5.32 Å². The van der Waals surface area contributed by atoms with Crippen LogP contribution in [-0.2, 0) is 0 Å². The summed E-state index contributed by atoms with van der Waals surface area (Å²) in [7, 11) is 0. The molecule has 22 heavy (non-hydrogen) atoms. The maximum atomic E-state index is 13.2. The van der Waals surface area contributed by atoms with E-state index in [2.05, 4.69) is 24.1 Å². The lowest BCUT2D eigenvalue weighted by Crippen LogP contribution is -2.13. The first-order valence-corrected chi connectivity index (χ1v) is 7.23.